The Morgan fingerprint density at radius 1 is 1.30 bits per heavy atom. The molecule has 1 aromatic carbocycles. The van der Waals surface area contributed by atoms with E-state index in [-0.39, 0.29) is 5.92 Å². The van der Waals surface area contributed by atoms with Gasteiger partial charge in [-0.25, -0.2) is 4.98 Å². The quantitative estimate of drug-likeness (QED) is 0.849. The molecule has 0 aliphatic rings. The van der Waals surface area contributed by atoms with Crippen molar-refractivity contribution in [2.75, 3.05) is 13.7 Å². The number of methoxy groups -OCH3 is 1. The number of benzene rings is 1. The Morgan fingerprint density at radius 3 is 2.70 bits per heavy atom. The van der Waals surface area contributed by atoms with Gasteiger partial charge in [-0.1, -0.05) is 26.0 Å². The molecule has 0 spiro atoms. The molecular weight excluding hydrogens is 250 g/mol. The first kappa shape index (κ1) is 14.6. The Balaban J connectivity index is 2.28. The molecule has 0 bridgehead atoms. The molecule has 0 saturated carbocycles. The van der Waals surface area contributed by atoms with Crippen LogP contribution in [0.1, 0.15) is 32.0 Å². The number of imidazole rings is 1. The van der Waals surface area contributed by atoms with E-state index in [0.717, 1.165) is 29.3 Å². The van der Waals surface area contributed by atoms with E-state index in [1.54, 1.807) is 7.11 Å². The molecule has 1 atom stereocenters. The van der Waals surface area contributed by atoms with Gasteiger partial charge in [-0.05, 0) is 24.5 Å². The van der Waals surface area contributed by atoms with Crippen molar-refractivity contribution in [1.29, 1.82) is 0 Å². The van der Waals surface area contributed by atoms with Crippen molar-refractivity contribution in [2.45, 2.75) is 26.2 Å². The minimum Gasteiger partial charge on any atom is -0.496 e. The van der Waals surface area contributed by atoms with Crippen molar-refractivity contribution in [1.82, 2.24) is 9.97 Å². The lowest BCUT2D eigenvalue weighted by Gasteiger charge is -2.14. The van der Waals surface area contributed by atoms with Gasteiger partial charge in [-0.2, -0.15) is 0 Å². The standard InChI is InChI=1S/C16H23N3O/c1-11(2)8-12(9-17)16-18-10-14(19-16)13-6-4-5-7-15(13)20-3/h4-7,10-12H,8-9,17H2,1-3H3,(H,18,19). The first-order valence-electron chi connectivity index (χ1n) is 7.04. The number of hydrogen-bond acceptors (Lipinski definition) is 3. The normalized spacial score (nSPS) is 12.7. The molecule has 0 aliphatic heterocycles. The van der Waals surface area contributed by atoms with Crippen LogP contribution in [0.25, 0.3) is 11.3 Å². The monoisotopic (exact) mass is 273 g/mol. The average Bonchev–Trinajstić information content (AvgIpc) is 2.94. The number of aromatic amines is 1. The van der Waals surface area contributed by atoms with Gasteiger partial charge in [0.25, 0.3) is 0 Å². The second-order valence-electron chi connectivity index (χ2n) is 5.44. The first-order chi connectivity index (χ1) is 9.65. The number of para-hydroxylation sites is 1. The summed E-state index contributed by atoms with van der Waals surface area (Å²) in [6.45, 7) is 5.01. The van der Waals surface area contributed by atoms with Gasteiger partial charge in [0.1, 0.15) is 11.6 Å². The number of rotatable bonds is 6. The van der Waals surface area contributed by atoms with Crippen molar-refractivity contribution < 1.29 is 4.74 Å². The molecule has 1 aromatic heterocycles. The fourth-order valence-corrected chi connectivity index (χ4v) is 2.44. The van der Waals surface area contributed by atoms with E-state index in [0.29, 0.717) is 12.5 Å². The summed E-state index contributed by atoms with van der Waals surface area (Å²) in [7, 11) is 1.68. The number of nitrogens with one attached hydrogen (secondary N) is 1. The van der Waals surface area contributed by atoms with Crippen LogP contribution in [0.15, 0.2) is 30.5 Å². The van der Waals surface area contributed by atoms with E-state index in [1.165, 1.54) is 0 Å². The van der Waals surface area contributed by atoms with E-state index in [4.69, 9.17) is 10.5 Å². The van der Waals surface area contributed by atoms with E-state index < -0.39 is 0 Å². The van der Waals surface area contributed by atoms with Gasteiger partial charge < -0.3 is 15.5 Å². The summed E-state index contributed by atoms with van der Waals surface area (Å²) in [5.74, 6) is 2.68. The van der Waals surface area contributed by atoms with E-state index in [2.05, 4.69) is 23.8 Å². The Kier molecular flexibility index (Phi) is 4.79. The van der Waals surface area contributed by atoms with Crippen LogP contribution < -0.4 is 10.5 Å². The van der Waals surface area contributed by atoms with Crippen molar-refractivity contribution in [3.05, 3.63) is 36.3 Å². The summed E-state index contributed by atoms with van der Waals surface area (Å²) in [4.78, 5) is 7.89. The van der Waals surface area contributed by atoms with Gasteiger partial charge in [-0.15, -0.1) is 0 Å². The van der Waals surface area contributed by atoms with Crippen LogP contribution in [-0.4, -0.2) is 23.6 Å². The third-order valence-electron chi connectivity index (χ3n) is 3.42. The highest BCUT2D eigenvalue weighted by molar-refractivity contribution is 5.66. The number of nitrogens with two attached hydrogens (primary N) is 1. The summed E-state index contributed by atoms with van der Waals surface area (Å²) < 4.78 is 5.39. The molecule has 0 fully saturated rings. The number of nitrogens with zero attached hydrogens (tertiary/aromatic N) is 1. The van der Waals surface area contributed by atoms with E-state index >= 15 is 0 Å². The molecule has 3 N–H and O–H groups in total. The third kappa shape index (κ3) is 3.20. The Bertz CT molecular complexity index is 548. The second kappa shape index (κ2) is 6.57. The summed E-state index contributed by atoms with van der Waals surface area (Å²) in [6, 6.07) is 7.92. The Morgan fingerprint density at radius 2 is 2.05 bits per heavy atom. The van der Waals surface area contributed by atoms with Crippen LogP contribution in [0.2, 0.25) is 0 Å². The lowest BCUT2D eigenvalue weighted by Crippen LogP contribution is -2.15. The number of hydrogen-bond donors (Lipinski definition) is 2. The molecule has 108 valence electrons. The van der Waals surface area contributed by atoms with E-state index in [1.807, 2.05) is 30.5 Å². The molecule has 2 rings (SSSR count). The highest BCUT2D eigenvalue weighted by atomic mass is 16.5. The highest BCUT2D eigenvalue weighted by Crippen LogP contribution is 2.30. The second-order valence-corrected chi connectivity index (χ2v) is 5.44. The number of ether oxygens (including phenoxy) is 1. The van der Waals surface area contributed by atoms with Gasteiger partial charge in [-0.3, -0.25) is 0 Å². The fraction of sp³-hybridized carbons (Fsp3) is 0.438. The van der Waals surface area contributed by atoms with Gasteiger partial charge in [0.05, 0.1) is 19.0 Å². The molecule has 0 aliphatic carbocycles. The third-order valence-corrected chi connectivity index (χ3v) is 3.42. The predicted molar refractivity (Wildman–Crippen MR) is 81.8 cm³/mol. The van der Waals surface area contributed by atoms with Crippen LogP contribution in [-0.2, 0) is 0 Å². The smallest absolute Gasteiger partial charge is 0.128 e. The number of H-pyrrole nitrogens is 1. The predicted octanol–water partition coefficient (Wildman–Crippen LogP) is 3.17. The summed E-state index contributed by atoms with van der Waals surface area (Å²) in [5, 5.41) is 0. The molecule has 4 nitrogen and oxygen atoms in total. The van der Waals surface area contributed by atoms with E-state index in [9.17, 15) is 0 Å². The van der Waals surface area contributed by atoms with Crippen LogP contribution in [0, 0.1) is 5.92 Å². The molecule has 1 unspecified atom stereocenters. The van der Waals surface area contributed by atoms with Crippen LogP contribution in [0.4, 0.5) is 0 Å². The zero-order valence-electron chi connectivity index (χ0n) is 12.4. The first-order valence-corrected chi connectivity index (χ1v) is 7.04. The molecule has 2 aromatic rings. The van der Waals surface area contributed by atoms with Gasteiger partial charge in [0.15, 0.2) is 0 Å². The van der Waals surface area contributed by atoms with Crippen molar-refractivity contribution in [3.8, 4) is 17.0 Å². The molecule has 1 heterocycles. The van der Waals surface area contributed by atoms with Gasteiger partial charge >= 0.3 is 0 Å². The Labute approximate surface area is 120 Å². The lowest BCUT2D eigenvalue weighted by atomic mass is 9.97. The topological polar surface area (TPSA) is 63.9 Å². The highest BCUT2D eigenvalue weighted by Gasteiger charge is 2.16. The Hall–Kier alpha value is -1.81. The minimum atomic E-state index is 0.276. The minimum absolute atomic E-state index is 0.276. The van der Waals surface area contributed by atoms with Crippen molar-refractivity contribution >= 4 is 0 Å². The largest absolute Gasteiger partial charge is 0.496 e. The molecule has 0 radical (unpaired) electrons. The summed E-state index contributed by atoms with van der Waals surface area (Å²) in [6.07, 6.45) is 2.89. The van der Waals surface area contributed by atoms with Crippen molar-refractivity contribution in [2.24, 2.45) is 11.7 Å². The molecule has 0 saturated heterocycles. The number of aromatic nitrogens is 2. The van der Waals surface area contributed by atoms with Gasteiger partial charge in [0.2, 0.25) is 0 Å². The van der Waals surface area contributed by atoms with Crippen LogP contribution >= 0.6 is 0 Å². The summed E-state index contributed by atoms with van der Waals surface area (Å²) in [5.41, 5.74) is 7.87. The SMILES string of the molecule is COc1ccccc1-c1cnc(C(CN)CC(C)C)[nH]1. The van der Waals surface area contributed by atoms with Crippen LogP contribution in [0.5, 0.6) is 5.75 Å². The maximum absolute atomic E-state index is 5.87. The van der Waals surface area contributed by atoms with Crippen molar-refractivity contribution in [3.63, 3.8) is 0 Å². The molecular formula is C16H23N3O. The zero-order chi connectivity index (χ0) is 14.5. The summed E-state index contributed by atoms with van der Waals surface area (Å²) >= 11 is 0. The molecule has 4 heteroatoms. The maximum Gasteiger partial charge on any atom is 0.128 e. The molecule has 20 heavy (non-hydrogen) atoms. The molecule has 0 amide bonds. The zero-order valence-corrected chi connectivity index (χ0v) is 12.4. The van der Waals surface area contributed by atoms with Crippen LogP contribution in [0.3, 0.4) is 0 Å². The maximum atomic E-state index is 5.87. The lowest BCUT2D eigenvalue weighted by molar-refractivity contribution is 0.416. The average molecular weight is 273 g/mol. The van der Waals surface area contributed by atoms with Gasteiger partial charge in [0, 0.05) is 18.0 Å². The fourth-order valence-electron chi connectivity index (χ4n) is 2.44.